The monoisotopic (exact) mass is 290 g/mol. The van der Waals surface area contributed by atoms with E-state index >= 15 is 0 Å². The van der Waals surface area contributed by atoms with Crippen molar-refractivity contribution in [3.63, 3.8) is 0 Å². The maximum Gasteiger partial charge on any atom is 0.281 e. The molecule has 0 bridgehead atoms. The molecule has 110 valence electrons. The second-order valence-electron chi connectivity index (χ2n) is 4.49. The van der Waals surface area contributed by atoms with Gasteiger partial charge in [0, 0.05) is 23.5 Å². The summed E-state index contributed by atoms with van der Waals surface area (Å²) in [5.41, 5.74) is 6.35. The molecule has 0 saturated heterocycles. The molecule has 0 spiro atoms. The van der Waals surface area contributed by atoms with Crippen LogP contribution in [-0.2, 0) is 13.0 Å². The van der Waals surface area contributed by atoms with Crippen LogP contribution >= 0.6 is 0 Å². The van der Waals surface area contributed by atoms with Crippen LogP contribution in [-0.4, -0.2) is 21.0 Å². The molecule has 1 heterocycles. The molecule has 2 N–H and O–H groups in total. The molecular weight excluding hydrogens is 276 g/mol. The Hall–Kier alpha value is -2.74. The van der Waals surface area contributed by atoms with Gasteiger partial charge in [0.15, 0.2) is 0 Å². The van der Waals surface area contributed by atoms with Crippen LogP contribution in [0.3, 0.4) is 0 Å². The number of benzene rings is 1. The van der Waals surface area contributed by atoms with Crippen molar-refractivity contribution >= 4 is 11.4 Å². The number of nitro groups is 2. The Labute approximate surface area is 120 Å². The van der Waals surface area contributed by atoms with E-state index in [4.69, 9.17) is 5.73 Å². The molecule has 0 amide bonds. The quantitative estimate of drug-likeness (QED) is 0.643. The van der Waals surface area contributed by atoms with Gasteiger partial charge >= 0.3 is 0 Å². The zero-order valence-electron chi connectivity index (χ0n) is 11.1. The smallest absolute Gasteiger partial charge is 0.281 e. The maximum absolute atomic E-state index is 11.1. The molecule has 0 radical (unpaired) electrons. The van der Waals surface area contributed by atoms with Crippen molar-refractivity contribution in [1.82, 2.24) is 4.57 Å². The summed E-state index contributed by atoms with van der Waals surface area (Å²) in [5, 5.41) is 21.8. The van der Waals surface area contributed by atoms with Crippen molar-refractivity contribution in [1.29, 1.82) is 0 Å². The highest BCUT2D eigenvalue weighted by Crippen LogP contribution is 2.25. The largest absolute Gasteiger partial charge is 0.347 e. The summed E-state index contributed by atoms with van der Waals surface area (Å²) in [6.45, 7) is 0.753. The number of hydrogen-bond acceptors (Lipinski definition) is 5. The Bertz CT molecular complexity index is 681. The fourth-order valence-electron chi connectivity index (χ4n) is 2.13. The average Bonchev–Trinajstić information content (AvgIpc) is 2.86. The molecule has 0 aliphatic heterocycles. The number of aromatic nitrogens is 1. The van der Waals surface area contributed by atoms with E-state index in [1.54, 1.807) is 6.20 Å². The van der Waals surface area contributed by atoms with Gasteiger partial charge in [-0.15, -0.1) is 0 Å². The predicted octanol–water partition coefficient (Wildman–Crippen LogP) is 1.85. The fraction of sp³-hybridized carbons (Fsp3) is 0.231. The number of nitrogens with zero attached hydrogens (tertiary/aromatic N) is 3. The van der Waals surface area contributed by atoms with Gasteiger partial charge in [-0.3, -0.25) is 20.2 Å². The molecule has 0 aliphatic rings. The summed E-state index contributed by atoms with van der Waals surface area (Å²) in [5.74, 6) is 0. The first-order valence-corrected chi connectivity index (χ1v) is 6.28. The van der Waals surface area contributed by atoms with E-state index in [0.717, 1.165) is 11.8 Å². The van der Waals surface area contributed by atoms with Gasteiger partial charge in [0.2, 0.25) is 0 Å². The summed E-state index contributed by atoms with van der Waals surface area (Å²) in [4.78, 5) is 20.5. The lowest BCUT2D eigenvalue weighted by Crippen LogP contribution is -2.10. The van der Waals surface area contributed by atoms with Crippen LogP contribution in [0.1, 0.15) is 11.3 Å². The maximum atomic E-state index is 11.1. The molecule has 0 unspecified atom stereocenters. The third kappa shape index (κ3) is 3.23. The summed E-state index contributed by atoms with van der Waals surface area (Å²) in [6.07, 6.45) is 2.46. The Morgan fingerprint density at radius 2 is 1.90 bits per heavy atom. The zero-order valence-corrected chi connectivity index (χ0v) is 11.1. The van der Waals surface area contributed by atoms with Crippen molar-refractivity contribution in [2.75, 3.05) is 6.54 Å². The molecule has 1 aromatic heterocycles. The second-order valence-corrected chi connectivity index (χ2v) is 4.49. The standard InChI is InChI=1S/C13H14N4O4/c14-6-5-11-2-1-7-15(11)9-10-3-4-12(16(18)19)8-13(10)17(20)21/h1-4,7-8H,5-6,9,14H2. The third-order valence-corrected chi connectivity index (χ3v) is 3.14. The van der Waals surface area contributed by atoms with Crippen molar-refractivity contribution in [2.24, 2.45) is 5.73 Å². The molecular formula is C13H14N4O4. The van der Waals surface area contributed by atoms with Gasteiger partial charge in [-0.1, -0.05) is 0 Å². The molecule has 0 atom stereocenters. The number of nitrogens with two attached hydrogens (primary N) is 1. The van der Waals surface area contributed by atoms with Gasteiger partial charge in [0.05, 0.1) is 22.5 Å². The summed E-state index contributed by atoms with van der Waals surface area (Å²) in [6, 6.07) is 7.41. The first-order valence-electron chi connectivity index (χ1n) is 6.28. The van der Waals surface area contributed by atoms with E-state index in [1.807, 2.05) is 16.7 Å². The number of rotatable bonds is 6. The van der Waals surface area contributed by atoms with E-state index in [0.29, 0.717) is 18.5 Å². The summed E-state index contributed by atoms with van der Waals surface area (Å²) in [7, 11) is 0. The Balaban J connectivity index is 2.37. The first kappa shape index (κ1) is 14.7. The molecule has 1 aromatic carbocycles. The molecule has 21 heavy (non-hydrogen) atoms. The Morgan fingerprint density at radius 1 is 1.14 bits per heavy atom. The lowest BCUT2D eigenvalue weighted by atomic mass is 10.1. The summed E-state index contributed by atoms with van der Waals surface area (Å²) >= 11 is 0. The van der Waals surface area contributed by atoms with Crippen LogP contribution in [0, 0.1) is 20.2 Å². The zero-order chi connectivity index (χ0) is 15.4. The normalized spacial score (nSPS) is 10.5. The predicted molar refractivity (Wildman–Crippen MR) is 76.0 cm³/mol. The number of nitro benzene ring substituents is 2. The minimum absolute atomic E-state index is 0.253. The Morgan fingerprint density at radius 3 is 2.52 bits per heavy atom. The number of hydrogen-bond donors (Lipinski definition) is 1. The van der Waals surface area contributed by atoms with E-state index in [1.165, 1.54) is 12.1 Å². The van der Waals surface area contributed by atoms with Crippen molar-refractivity contribution in [3.8, 4) is 0 Å². The molecule has 2 rings (SSSR count). The summed E-state index contributed by atoms with van der Waals surface area (Å²) < 4.78 is 1.85. The first-order chi connectivity index (χ1) is 10.0. The van der Waals surface area contributed by atoms with Gasteiger partial charge in [0.1, 0.15) is 0 Å². The van der Waals surface area contributed by atoms with E-state index in [9.17, 15) is 20.2 Å². The van der Waals surface area contributed by atoms with Crippen molar-refractivity contribution < 1.29 is 9.85 Å². The van der Waals surface area contributed by atoms with Gasteiger partial charge in [0.25, 0.3) is 11.4 Å². The van der Waals surface area contributed by atoms with Crippen LogP contribution in [0.5, 0.6) is 0 Å². The minimum atomic E-state index is -0.647. The highest BCUT2D eigenvalue weighted by Gasteiger charge is 2.19. The van der Waals surface area contributed by atoms with Crippen LogP contribution in [0.25, 0.3) is 0 Å². The highest BCUT2D eigenvalue weighted by atomic mass is 16.6. The van der Waals surface area contributed by atoms with Crippen molar-refractivity contribution in [2.45, 2.75) is 13.0 Å². The fourth-order valence-corrected chi connectivity index (χ4v) is 2.13. The minimum Gasteiger partial charge on any atom is -0.347 e. The molecule has 2 aromatic rings. The van der Waals surface area contributed by atoms with Gasteiger partial charge < -0.3 is 10.3 Å². The highest BCUT2D eigenvalue weighted by molar-refractivity contribution is 5.49. The van der Waals surface area contributed by atoms with Crippen LogP contribution in [0.15, 0.2) is 36.5 Å². The number of non-ortho nitro benzene ring substituents is 1. The molecule has 0 aliphatic carbocycles. The third-order valence-electron chi connectivity index (χ3n) is 3.14. The topological polar surface area (TPSA) is 117 Å². The molecule has 8 nitrogen and oxygen atoms in total. The van der Waals surface area contributed by atoms with Crippen LogP contribution < -0.4 is 5.73 Å². The van der Waals surface area contributed by atoms with Crippen LogP contribution in [0.4, 0.5) is 11.4 Å². The average molecular weight is 290 g/mol. The SMILES string of the molecule is NCCc1cccn1Cc1ccc([N+](=O)[O-])cc1[N+](=O)[O-]. The van der Waals surface area contributed by atoms with E-state index in [-0.39, 0.29) is 17.9 Å². The molecule has 0 fully saturated rings. The van der Waals surface area contributed by atoms with E-state index < -0.39 is 9.85 Å². The van der Waals surface area contributed by atoms with Gasteiger partial charge in [-0.25, -0.2) is 0 Å². The van der Waals surface area contributed by atoms with Crippen LogP contribution in [0.2, 0.25) is 0 Å². The molecule has 8 heteroatoms. The Kier molecular flexibility index (Phi) is 4.29. The lowest BCUT2D eigenvalue weighted by molar-refractivity contribution is -0.394. The van der Waals surface area contributed by atoms with Gasteiger partial charge in [-0.2, -0.15) is 0 Å². The van der Waals surface area contributed by atoms with Crippen molar-refractivity contribution in [3.05, 3.63) is 68.0 Å². The van der Waals surface area contributed by atoms with Gasteiger partial charge in [-0.05, 0) is 31.2 Å². The lowest BCUT2D eigenvalue weighted by Gasteiger charge is -2.09. The van der Waals surface area contributed by atoms with E-state index in [2.05, 4.69) is 0 Å². The second kappa shape index (κ2) is 6.14. The molecule has 0 saturated carbocycles.